The molecule has 0 aromatic heterocycles. The summed E-state index contributed by atoms with van der Waals surface area (Å²) in [4.78, 5) is 11.9. The summed E-state index contributed by atoms with van der Waals surface area (Å²) >= 11 is 0. The van der Waals surface area contributed by atoms with E-state index in [0.717, 1.165) is 12.8 Å². The van der Waals surface area contributed by atoms with Gasteiger partial charge in [0, 0.05) is 11.8 Å². The van der Waals surface area contributed by atoms with Crippen molar-refractivity contribution in [3.63, 3.8) is 0 Å². The third kappa shape index (κ3) is 5.41. The quantitative estimate of drug-likeness (QED) is 0.571. The fourth-order valence-corrected chi connectivity index (χ4v) is 1.80. The van der Waals surface area contributed by atoms with Gasteiger partial charge in [0.25, 0.3) is 0 Å². The van der Waals surface area contributed by atoms with Gasteiger partial charge < -0.3 is 0 Å². The fourth-order valence-electron chi connectivity index (χ4n) is 1.80. The molecule has 0 heterocycles. The highest BCUT2D eigenvalue weighted by Gasteiger charge is 2.19. The van der Waals surface area contributed by atoms with Crippen LogP contribution in [0.25, 0.3) is 0 Å². The van der Waals surface area contributed by atoms with Crippen LogP contribution in [0.3, 0.4) is 0 Å². The lowest BCUT2D eigenvalue weighted by atomic mass is 9.87. The summed E-state index contributed by atoms with van der Waals surface area (Å²) in [5.41, 5.74) is 0. The van der Waals surface area contributed by atoms with Crippen molar-refractivity contribution in [3.8, 4) is 0 Å². The molecule has 1 heteroatoms. The van der Waals surface area contributed by atoms with E-state index in [-0.39, 0.29) is 5.92 Å². The van der Waals surface area contributed by atoms with Crippen LogP contribution < -0.4 is 0 Å². The van der Waals surface area contributed by atoms with Crippen molar-refractivity contribution in [3.05, 3.63) is 0 Å². The maximum Gasteiger partial charge on any atom is 0.138 e. The average molecular weight is 198 g/mol. The van der Waals surface area contributed by atoms with Crippen LogP contribution in [0.5, 0.6) is 0 Å². The minimum atomic E-state index is 0.216. The summed E-state index contributed by atoms with van der Waals surface area (Å²) in [7, 11) is 0. The molecule has 0 fully saturated rings. The number of unbranched alkanes of at least 4 members (excludes halogenated alkanes) is 2. The van der Waals surface area contributed by atoms with Crippen molar-refractivity contribution in [2.75, 3.05) is 0 Å². The molecular formula is C13H26O. The Bertz CT molecular complexity index is 141. The second-order valence-corrected chi connectivity index (χ2v) is 4.54. The van der Waals surface area contributed by atoms with Crippen LogP contribution in [0.15, 0.2) is 0 Å². The van der Waals surface area contributed by atoms with Gasteiger partial charge >= 0.3 is 0 Å². The molecule has 0 amide bonds. The van der Waals surface area contributed by atoms with Gasteiger partial charge in [0.1, 0.15) is 5.78 Å². The van der Waals surface area contributed by atoms with Gasteiger partial charge in [0.05, 0.1) is 0 Å². The van der Waals surface area contributed by atoms with Gasteiger partial charge in [-0.25, -0.2) is 0 Å². The number of hydrogen-bond acceptors (Lipinski definition) is 1. The van der Waals surface area contributed by atoms with E-state index in [4.69, 9.17) is 0 Å². The Hall–Kier alpha value is -0.330. The highest BCUT2D eigenvalue weighted by Crippen LogP contribution is 2.20. The molecular weight excluding hydrogens is 172 g/mol. The lowest BCUT2D eigenvalue weighted by Crippen LogP contribution is -2.19. The zero-order chi connectivity index (χ0) is 11.0. The minimum Gasteiger partial charge on any atom is -0.299 e. The maximum absolute atomic E-state index is 11.9. The van der Waals surface area contributed by atoms with Gasteiger partial charge in [-0.15, -0.1) is 0 Å². The Balaban J connectivity index is 4.01. The summed E-state index contributed by atoms with van der Waals surface area (Å²) < 4.78 is 0. The van der Waals surface area contributed by atoms with E-state index in [1.54, 1.807) is 0 Å². The molecule has 0 aromatic carbocycles. The van der Waals surface area contributed by atoms with Crippen LogP contribution >= 0.6 is 0 Å². The van der Waals surface area contributed by atoms with E-state index >= 15 is 0 Å². The van der Waals surface area contributed by atoms with Crippen LogP contribution in [0.1, 0.15) is 66.2 Å². The van der Waals surface area contributed by atoms with Crippen LogP contribution in [0.2, 0.25) is 0 Å². The smallest absolute Gasteiger partial charge is 0.138 e. The Labute approximate surface area is 89.3 Å². The molecule has 0 radical (unpaired) electrons. The van der Waals surface area contributed by atoms with Gasteiger partial charge in [0.15, 0.2) is 0 Å². The first-order valence-corrected chi connectivity index (χ1v) is 6.17. The first kappa shape index (κ1) is 13.7. The largest absolute Gasteiger partial charge is 0.299 e. The van der Waals surface area contributed by atoms with E-state index in [1.807, 2.05) is 13.8 Å². The number of carbonyl (C=O) groups is 1. The van der Waals surface area contributed by atoms with Crippen molar-refractivity contribution >= 4 is 5.78 Å². The predicted octanol–water partition coefficient (Wildman–Crippen LogP) is 4.21. The molecule has 0 saturated carbocycles. The number of hydrogen-bond donors (Lipinski definition) is 0. The zero-order valence-corrected chi connectivity index (χ0v) is 10.3. The van der Waals surface area contributed by atoms with Crippen molar-refractivity contribution < 1.29 is 4.79 Å². The first-order valence-electron chi connectivity index (χ1n) is 6.17. The molecule has 1 nitrogen and oxygen atoms in total. The lowest BCUT2D eigenvalue weighted by molar-refractivity contribution is -0.126. The van der Waals surface area contributed by atoms with Gasteiger partial charge in [-0.2, -0.15) is 0 Å². The summed E-state index contributed by atoms with van der Waals surface area (Å²) in [6.45, 7) is 8.42. The third-order valence-electron chi connectivity index (χ3n) is 2.78. The third-order valence-corrected chi connectivity index (χ3v) is 2.78. The molecule has 0 aliphatic carbocycles. The maximum atomic E-state index is 11.9. The number of carbonyl (C=O) groups excluding carboxylic acids is 1. The summed E-state index contributed by atoms with van der Waals surface area (Å²) in [5, 5.41) is 0. The molecule has 0 bridgehead atoms. The highest BCUT2D eigenvalue weighted by molar-refractivity contribution is 5.82. The van der Waals surface area contributed by atoms with Crippen molar-refractivity contribution in [2.45, 2.75) is 66.2 Å². The van der Waals surface area contributed by atoms with Crippen LogP contribution in [0, 0.1) is 11.8 Å². The van der Waals surface area contributed by atoms with E-state index in [2.05, 4.69) is 13.8 Å². The van der Waals surface area contributed by atoms with Crippen molar-refractivity contribution in [2.24, 2.45) is 11.8 Å². The number of rotatable bonds is 8. The molecule has 0 N–H and O–H groups in total. The van der Waals surface area contributed by atoms with Crippen molar-refractivity contribution in [1.82, 2.24) is 0 Å². The van der Waals surface area contributed by atoms with Crippen LogP contribution in [-0.4, -0.2) is 5.78 Å². The SMILES string of the molecule is CCCCC(CCCC)C(=O)C(C)C. The summed E-state index contributed by atoms with van der Waals surface area (Å²) in [6.07, 6.45) is 7.02. The molecule has 0 spiro atoms. The second-order valence-electron chi connectivity index (χ2n) is 4.54. The van der Waals surface area contributed by atoms with Gasteiger partial charge in [0.2, 0.25) is 0 Å². The van der Waals surface area contributed by atoms with Crippen molar-refractivity contribution in [1.29, 1.82) is 0 Å². The molecule has 0 aliphatic rings. The van der Waals surface area contributed by atoms with E-state index in [0.29, 0.717) is 11.7 Å². The monoisotopic (exact) mass is 198 g/mol. The number of ketones is 1. The molecule has 0 aliphatic heterocycles. The number of Topliss-reactive ketones (excluding diaryl/α,β-unsaturated/α-hetero) is 1. The van der Waals surface area contributed by atoms with Crippen LogP contribution in [0.4, 0.5) is 0 Å². The Morgan fingerprint density at radius 1 is 1.00 bits per heavy atom. The van der Waals surface area contributed by atoms with Gasteiger partial charge in [-0.1, -0.05) is 53.4 Å². The Kier molecular flexibility index (Phi) is 7.83. The molecule has 0 unspecified atom stereocenters. The summed E-state index contributed by atoms with van der Waals surface area (Å²) in [6, 6.07) is 0. The molecule has 0 rings (SSSR count). The second kappa shape index (κ2) is 8.02. The van der Waals surface area contributed by atoms with Gasteiger partial charge in [-0.3, -0.25) is 4.79 Å². The molecule has 14 heavy (non-hydrogen) atoms. The average Bonchev–Trinajstić information content (AvgIpc) is 2.17. The standard InChI is InChI=1S/C13H26O/c1-5-7-9-12(10-8-6-2)13(14)11(3)4/h11-12H,5-10H2,1-4H3. The molecule has 0 atom stereocenters. The topological polar surface area (TPSA) is 17.1 Å². The van der Waals surface area contributed by atoms with E-state index in [1.165, 1.54) is 25.7 Å². The van der Waals surface area contributed by atoms with E-state index in [9.17, 15) is 4.79 Å². The Morgan fingerprint density at radius 3 is 1.71 bits per heavy atom. The highest BCUT2D eigenvalue weighted by atomic mass is 16.1. The molecule has 0 aromatic rings. The Morgan fingerprint density at radius 2 is 1.43 bits per heavy atom. The minimum absolute atomic E-state index is 0.216. The predicted molar refractivity (Wildman–Crippen MR) is 62.4 cm³/mol. The van der Waals surface area contributed by atoms with Gasteiger partial charge in [-0.05, 0) is 12.8 Å². The molecule has 0 saturated heterocycles. The fraction of sp³-hybridized carbons (Fsp3) is 0.923. The summed E-state index contributed by atoms with van der Waals surface area (Å²) in [5.74, 6) is 1.04. The lowest BCUT2D eigenvalue weighted by Gasteiger charge is -2.17. The molecule has 84 valence electrons. The van der Waals surface area contributed by atoms with E-state index < -0.39 is 0 Å². The first-order chi connectivity index (χ1) is 6.63. The normalized spacial score (nSPS) is 11.3. The van der Waals surface area contributed by atoms with Crippen LogP contribution in [-0.2, 0) is 4.79 Å². The zero-order valence-electron chi connectivity index (χ0n) is 10.3.